The molecule has 2 N–H and O–H groups in total. The summed E-state index contributed by atoms with van der Waals surface area (Å²) in [5.41, 5.74) is 3.79. The molecule has 132 valence electrons. The fourth-order valence-electron chi connectivity index (χ4n) is 1.74. The van der Waals surface area contributed by atoms with Crippen LogP contribution in [0.1, 0.15) is 18.9 Å². The lowest BCUT2D eigenvalue weighted by molar-refractivity contribution is -0.123. The Balaban J connectivity index is 2.35. The molecule has 2 amide bonds. The van der Waals surface area contributed by atoms with Crippen molar-refractivity contribution in [1.82, 2.24) is 10.7 Å². The molecule has 0 atom stereocenters. The maximum atomic E-state index is 11.7. The summed E-state index contributed by atoms with van der Waals surface area (Å²) in [5.74, 6) is 0.0623. The number of nitrogens with one attached hydrogen (secondary N) is 2. The van der Waals surface area contributed by atoms with E-state index in [1.54, 1.807) is 20.1 Å². The molecule has 0 spiro atoms. The van der Waals surface area contributed by atoms with Crippen molar-refractivity contribution < 1.29 is 19.1 Å². The molecule has 0 bridgehead atoms. The number of hydrazone groups is 1. The number of nitrogens with zero attached hydrogens (tertiary/aromatic N) is 1. The summed E-state index contributed by atoms with van der Waals surface area (Å²) in [6.45, 7) is 4.29. The summed E-state index contributed by atoms with van der Waals surface area (Å²) < 4.78 is 11.2. The van der Waals surface area contributed by atoms with Crippen molar-refractivity contribution in [2.24, 2.45) is 5.10 Å². The first kappa shape index (κ1) is 20.1. The number of methoxy groups -OCH3 is 1. The molecule has 1 aromatic carbocycles. The average Bonchev–Trinajstić information content (AvgIpc) is 2.52. The Morgan fingerprint density at radius 1 is 1.29 bits per heavy atom. The van der Waals surface area contributed by atoms with Crippen LogP contribution in [0, 0.1) is 6.92 Å². The van der Waals surface area contributed by atoms with Crippen molar-refractivity contribution >= 4 is 33.5 Å². The normalized spacial score (nSPS) is 11.1. The number of ether oxygens (including phenoxy) is 2. The lowest BCUT2D eigenvalue weighted by Crippen LogP contribution is -2.30. The Kier molecular flexibility index (Phi) is 9.03. The molecular formula is C16H22BrN3O4. The second kappa shape index (κ2) is 10.8. The number of aryl methyl sites for hydroxylation is 1. The predicted octanol–water partition coefficient (Wildman–Crippen LogP) is 1.78. The molecule has 0 aliphatic carbocycles. The highest BCUT2D eigenvalue weighted by molar-refractivity contribution is 9.10. The second-order valence-corrected chi connectivity index (χ2v) is 6.02. The molecule has 0 fully saturated rings. The smallest absolute Gasteiger partial charge is 0.277 e. The molecule has 0 radical (unpaired) electrons. The minimum atomic E-state index is -0.392. The highest BCUT2D eigenvalue weighted by atomic mass is 79.9. The van der Waals surface area contributed by atoms with E-state index in [-0.39, 0.29) is 18.9 Å². The van der Waals surface area contributed by atoms with Crippen LogP contribution in [-0.4, -0.2) is 44.4 Å². The predicted molar refractivity (Wildman–Crippen MR) is 95.1 cm³/mol. The standard InChI is InChI=1S/C16H22BrN3O4/c1-11-8-13(17)4-5-14(11)24-10-16(22)20-19-12(2)9-15(21)18-6-7-23-3/h4-5,8H,6-7,9-10H2,1-3H3,(H,18,21)(H,20,22)/b19-12+. The van der Waals surface area contributed by atoms with Gasteiger partial charge in [0.05, 0.1) is 13.0 Å². The topological polar surface area (TPSA) is 89.0 Å². The van der Waals surface area contributed by atoms with Crippen LogP contribution in [0.2, 0.25) is 0 Å². The highest BCUT2D eigenvalue weighted by Gasteiger charge is 2.06. The molecule has 0 aromatic heterocycles. The first-order valence-corrected chi connectivity index (χ1v) is 8.18. The number of hydrogen-bond acceptors (Lipinski definition) is 5. The molecule has 7 nitrogen and oxygen atoms in total. The number of halogens is 1. The third kappa shape index (κ3) is 8.07. The maximum Gasteiger partial charge on any atom is 0.277 e. The molecular weight excluding hydrogens is 378 g/mol. The van der Waals surface area contributed by atoms with E-state index in [0.717, 1.165) is 10.0 Å². The Hall–Kier alpha value is -1.93. The third-order valence-corrected chi connectivity index (χ3v) is 3.41. The molecule has 0 aliphatic rings. The summed E-state index contributed by atoms with van der Waals surface area (Å²) in [6.07, 6.45) is 0.108. The van der Waals surface area contributed by atoms with Gasteiger partial charge in [-0.3, -0.25) is 9.59 Å². The fraction of sp³-hybridized carbons (Fsp3) is 0.438. The van der Waals surface area contributed by atoms with Gasteiger partial charge in [-0.25, -0.2) is 5.43 Å². The third-order valence-electron chi connectivity index (χ3n) is 2.91. The minimum absolute atomic E-state index is 0.108. The summed E-state index contributed by atoms with van der Waals surface area (Å²) in [5, 5.41) is 6.55. The van der Waals surface area contributed by atoms with Crippen molar-refractivity contribution in [1.29, 1.82) is 0 Å². The lowest BCUT2D eigenvalue weighted by Gasteiger charge is -2.08. The summed E-state index contributed by atoms with van der Waals surface area (Å²) in [6, 6.07) is 5.52. The van der Waals surface area contributed by atoms with Crippen LogP contribution in [0.3, 0.4) is 0 Å². The van der Waals surface area contributed by atoms with Crippen LogP contribution in [0.5, 0.6) is 5.75 Å². The first-order valence-electron chi connectivity index (χ1n) is 7.39. The summed E-state index contributed by atoms with van der Waals surface area (Å²) >= 11 is 3.36. The monoisotopic (exact) mass is 399 g/mol. The maximum absolute atomic E-state index is 11.7. The molecule has 0 aliphatic heterocycles. The molecule has 0 saturated heterocycles. The van der Waals surface area contributed by atoms with Gasteiger partial charge in [0, 0.05) is 23.8 Å². The van der Waals surface area contributed by atoms with Crippen molar-refractivity contribution in [3.63, 3.8) is 0 Å². The van der Waals surface area contributed by atoms with Gasteiger partial charge in [-0.15, -0.1) is 0 Å². The number of carbonyl (C=O) groups is 2. The highest BCUT2D eigenvalue weighted by Crippen LogP contribution is 2.21. The van der Waals surface area contributed by atoms with E-state index in [1.165, 1.54) is 0 Å². The van der Waals surface area contributed by atoms with E-state index in [0.29, 0.717) is 24.6 Å². The van der Waals surface area contributed by atoms with E-state index >= 15 is 0 Å². The van der Waals surface area contributed by atoms with Crippen molar-refractivity contribution in [2.45, 2.75) is 20.3 Å². The van der Waals surface area contributed by atoms with E-state index in [1.807, 2.05) is 19.1 Å². The largest absolute Gasteiger partial charge is 0.483 e. The lowest BCUT2D eigenvalue weighted by atomic mass is 10.2. The van der Waals surface area contributed by atoms with Crippen molar-refractivity contribution in [3.8, 4) is 5.75 Å². The van der Waals surface area contributed by atoms with E-state index in [2.05, 4.69) is 31.8 Å². The Bertz CT molecular complexity index is 605. The van der Waals surface area contributed by atoms with Gasteiger partial charge in [-0.05, 0) is 37.6 Å². The Morgan fingerprint density at radius 2 is 2.04 bits per heavy atom. The molecule has 0 heterocycles. The molecule has 0 unspecified atom stereocenters. The number of rotatable bonds is 9. The number of benzene rings is 1. The second-order valence-electron chi connectivity index (χ2n) is 5.10. The minimum Gasteiger partial charge on any atom is -0.483 e. The van der Waals surface area contributed by atoms with Gasteiger partial charge >= 0.3 is 0 Å². The number of hydrogen-bond donors (Lipinski definition) is 2. The van der Waals surface area contributed by atoms with Gasteiger partial charge in [0.25, 0.3) is 5.91 Å². The average molecular weight is 400 g/mol. The van der Waals surface area contributed by atoms with Gasteiger partial charge in [0.1, 0.15) is 5.75 Å². The molecule has 1 rings (SSSR count). The van der Waals surface area contributed by atoms with Crippen LogP contribution in [0.15, 0.2) is 27.8 Å². The van der Waals surface area contributed by atoms with E-state index < -0.39 is 5.91 Å². The summed E-state index contributed by atoms with van der Waals surface area (Å²) in [4.78, 5) is 23.3. The Morgan fingerprint density at radius 3 is 2.71 bits per heavy atom. The fourth-order valence-corrected chi connectivity index (χ4v) is 2.21. The van der Waals surface area contributed by atoms with Gasteiger partial charge in [-0.2, -0.15) is 5.10 Å². The van der Waals surface area contributed by atoms with E-state index in [4.69, 9.17) is 9.47 Å². The van der Waals surface area contributed by atoms with Gasteiger partial charge in [0.15, 0.2) is 6.61 Å². The zero-order chi connectivity index (χ0) is 17.9. The number of amides is 2. The molecule has 8 heteroatoms. The summed E-state index contributed by atoms with van der Waals surface area (Å²) in [7, 11) is 1.56. The van der Waals surface area contributed by atoms with Gasteiger partial charge in [-0.1, -0.05) is 15.9 Å². The quantitative estimate of drug-likeness (QED) is 0.376. The Labute approximate surface area is 149 Å². The number of carbonyl (C=O) groups excluding carboxylic acids is 2. The zero-order valence-corrected chi connectivity index (χ0v) is 15.6. The van der Waals surface area contributed by atoms with E-state index in [9.17, 15) is 9.59 Å². The molecule has 24 heavy (non-hydrogen) atoms. The van der Waals surface area contributed by atoms with Crippen LogP contribution in [0.4, 0.5) is 0 Å². The van der Waals surface area contributed by atoms with Crippen molar-refractivity contribution in [2.75, 3.05) is 26.9 Å². The van der Waals surface area contributed by atoms with Gasteiger partial charge in [0.2, 0.25) is 5.91 Å². The van der Waals surface area contributed by atoms with Crippen LogP contribution >= 0.6 is 15.9 Å². The van der Waals surface area contributed by atoms with Gasteiger partial charge < -0.3 is 14.8 Å². The van der Waals surface area contributed by atoms with Crippen LogP contribution in [-0.2, 0) is 14.3 Å². The molecule has 1 aromatic rings. The van der Waals surface area contributed by atoms with Crippen molar-refractivity contribution in [3.05, 3.63) is 28.2 Å². The first-order chi connectivity index (χ1) is 11.4. The molecule has 0 saturated carbocycles. The SMILES string of the molecule is COCCNC(=O)C/C(C)=N/NC(=O)COc1ccc(Br)cc1C. The van der Waals surface area contributed by atoms with Crippen LogP contribution in [0.25, 0.3) is 0 Å². The van der Waals surface area contributed by atoms with Crippen LogP contribution < -0.4 is 15.5 Å². The zero-order valence-electron chi connectivity index (χ0n) is 14.0.